The van der Waals surface area contributed by atoms with Crippen molar-refractivity contribution in [3.05, 3.63) is 58.9 Å². The van der Waals surface area contributed by atoms with Gasteiger partial charge in [-0.1, -0.05) is 90.8 Å². The highest BCUT2D eigenvalue weighted by molar-refractivity contribution is 8.07. The lowest BCUT2D eigenvalue weighted by atomic mass is 9.85. The zero-order chi connectivity index (χ0) is 20.4. The average molecular weight is 380 g/mol. The summed E-state index contributed by atoms with van der Waals surface area (Å²) in [6.07, 6.45) is 14.1. The number of hydrogen-bond donors (Lipinski definition) is 2. The molecule has 0 spiro atoms. The maximum atomic E-state index is 10.5. The fourth-order valence-electron chi connectivity index (χ4n) is 2.36. The molecular weight excluding hydrogens is 338 g/mol. The minimum absolute atomic E-state index is 0.726. The molecule has 0 amide bonds. The van der Waals surface area contributed by atoms with E-state index in [2.05, 4.69) is 36.7 Å². The van der Waals surface area contributed by atoms with E-state index in [0.29, 0.717) is 0 Å². The molecule has 0 radical (unpaired) electrons. The summed E-state index contributed by atoms with van der Waals surface area (Å²) < 4.78 is 0. The van der Waals surface area contributed by atoms with Crippen LogP contribution >= 0.6 is 11.8 Å². The molecule has 0 aromatic heterocycles. The van der Waals surface area contributed by atoms with Gasteiger partial charge in [0.1, 0.15) is 0 Å². The number of nitrogens with one attached hydrogen (secondary N) is 1. The predicted molar refractivity (Wildman–Crippen MR) is 123 cm³/mol. The maximum absolute atomic E-state index is 10.5. The van der Waals surface area contributed by atoms with Crippen molar-refractivity contribution >= 4 is 11.8 Å². The van der Waals surface area contributed by atoms with Gasteiger partial charge in [0.15, 0.2) is 0 Å². The SMILES string of the molecule is C=C(/C=C\C(=C)C1(O)CCNCC1)SC1=CCCC=C1.CC.CC.CC. The number of rotatable bonds is 5. The monoisotopic (exact) mass is 379 g/mol. The summed E-state index contributed by atoms with van der Waals surface area (Å²) in [5.74, 6) is 0. The third kappa shape index (κ3) is 10.8. The number of piperidine rings is 1. The van der Waals surface area contributed by atoms with E-state index in [-0.39, 0.29) is 0 Å². The number of allylic oxidation sites excluding steroid dienone is 4. The van der Waals surface area contributed by atoms with E-state index in [0.717, 1.165) is 49.3 Å². The van der Waals surface area contributed by atoms with Gasteiger partial charge in [-0.2, -0.15) is 0 Å². The van der Waals surface area contributed by atoms with Crippen LogP contribution in [0.25, 0.3) is 0 Å². The van der Waals surface area contributed by atoms with Gasteiger partial charge in [-0.3, -0.25) is 0 Å². The van der Waals surface area contributed by atoms with Gasteiger partial charge < -0.3 is 10.4 Å². The smallest absolute Gasteiger partial charge is 0.0915 e. The predicted octanol–water partition coefficient (Wildman–Crippen LogP) is 6.77. The van der Waals surface area contributed by atoms with Gasteiger partial charge >= 0.3 is 0 Å². The molecule has 0 bridgehead atoms. The summed E-state index contributed by atoms with van der Waals surface area (Å²) in [5, 5.41) is 13.8. The van der Waals surface area contributed by atoms with Gasteiger partial charge in [0.05, 0.1) is 5.60 Å². The quantitative estimate of drug-likeness (QED) is 0.517. The molecule has 1 fully saturated rings. The van der Waals surface area contributed by atoms with Crippen molar-refractivity contribution in [3.63, 3.8) is 0 Å². The first kappa shape index (κ1) is 27.2. The number of aliphatic hydroxyl groups is 1. The van der Waals surface area contributed by atoms with Crippen molar-refractivity contribution in [2.75, 3.05) is 13.1 Å². The minimum Gasteiger partial charge on any atom is -0.385 e. The van der Waals surface area contributed by atoms with E-state index in [1.807, 2.05) is 53.7 Å². The molecule has 0 saturated carbocycles. The molecule has 150 valence electrons. The van der Waals surface area contributed by atoms with Crippen molar-refractivity contribution < 1.29 is 5.11 Å². The van der Waals surface area contributed by atoms with Crippen LogP contribution < -0.4 is 5.32 Å². The molecule has 2 rings (SSSR count). The molecule has 0 unspecified atom stereocenters. The average Bonchev–Trinajstić information content (AvgIpc) is 2.72. The fraction of sp³-hybridized carbons (Fsp3) is 0.565. The van der Waals surface area contributed by atoms with Gasteiger partial charge in [-0.05, 0) is 50.4 Å². The van der Waals surface area contributed by atoms with Crippen LogP contribution in [0.3, 0.4) is 0 Å². The molecule has 0 aromatic carbocycles. The Hall–Kier alpha value is -1.03. The summed E-state index contributed by atoms with van der Waals surface area (Å²) >= 11 is 1.67. The standard InChI is InChI=1S/C17H23NOS.3C2H6/c1-14(17(19)10-12-18-13-11-17)8-9-15(2)20-16-6-4-3-5-7-16;3*1-2/h4,6-9,18-19H,1-3,5,10-13H2;3*1-2H3/b9-8-;;;. The van der Waals surface area contributed by atoms with Crippen molar-refractivity contribution in [2.24, 2.45) is 0 Å². The van der Waals surface area contributed by atoms with E-state index < -0.39 is 5.60 Å². The second-order valence-corrected chi connectivity index (χ2v) is 6.49. The molecule has 3 heteroatoms. The Morgan fingerprint density at radius 2 is 1.62 bits per heavy atom. The topological polar surface area (TPSA) is 32.3 Å². The Kier molecular flexibility index (Phi) is 18.2. The van der Waals surface area contributed by atoms with E-state index >= 15 is 0 Å². The van der Waals surface area contributed by atoms with Crippen LogP contribution in [0.5, 0.6) is 0 Å². The van der Waals surface area contributed by atoms with Gasteiger partial charge in [0.25, 0.3) is 0 Å². The first-order chi connectivity index (χ1) is 12.6. The summed E-state index contributed by atoms with van der Waals surface area (Å²) in [5.41, 5.74) is 0.0328. The normalized spacial score (nSPS) is 17.4. The van der Waals surface area contributed by atoms with Crippen LogP contribution in [0.1, 0.15) is 67.2 Å². The van der Waals surface area contributed by atoms with Gasteiger partial charge in [-0.25, -0.2) is 0 Å². The van der Waals surface area contributed by atoms with E-state index in [9.17, 15) is 5.11 Å². The van der Waals surface area contributed by atoms with Crippen LogP contribution in [0, 0.1) is 0 Å². The lowest BCUT2D eigenvalue weighted by molar-refractivity contribution is 0.0501. The van der Waals surface area contributed by atoms with E-state index in [1.165, 1.54) is 4.91 Å². The second kappa shape index (κ2) is 17.4. The molecule has 2 N–H and O–H groups in total. The Labute approximate surface area is 167 Å². The van der Waals surface area contributed by atoms with Crippen LogP contribution in [0.15, 0.2) is 58.9 Å². The summed E-state index contributed by atoms with van der Waals surface area (Å²) in [6.45, 7) is 21.8. The molecule has 1 aliphatic heterocycles. The third-order valence-corrected chi connectivity index (χ3v) is 4.65. The molecule has 0 atom stereocenters. The van der Waals surface area contributed by atoms with Crippen LogP contribution in [-0.4, -0.2) is 23.8 Å². The van der Waals surface area contributed by atoms with E-state index in [1.54, 1.807) is 11.8 Å². The molecular formula is C23H41NOS. The first-order valence-corrected chi connectivity index (χ1v) is 11.0. The lowest BCUT2D eigenvalue weighted by Gasteiger charge is -2.33. The Morgan fingerprint density at radius 3 is 2.12 bits per heavy atom. The maximum Gasteiger partial charge on any atom is 0.0915 e. The Bertz CT molecular complexity index is 469. The van der Waals surface area contributed by atoms with Gasteiger partial charge in [-0.15, -0.1) is 0 Å². The highest BCUT2D eigenvalue weighted by atomic mass is 32.2. The first-order valence-electron chi connectivity index (χ1n) is 10.1. The highest BCUT2D eigenvalue weighted by Crippen LogP contribution is 2.31. The summed E-state index contributed by atoms with van der Waals surface area (Å²) in [4.78, 5) is 2.22. The third-order valence-electron chi connectivity index (χ3n) is 3.71. The minimum atomic E-state index is -0.753. The van der Waals surface area contributed by atoms with E-state index in [4.69, 9.17) is 0 Å². The van der Waals surface area contributed by atoms with Crippen LogP contribution in [-0.2, 0) is 0 Å². The largest absolute Gasteiger partial charge is 0.385 e. The zero-order valence-corrected chi connectivity index (χ0v) is 18.7. The molecule has 2 nitrogen and oxygen atoms in total. The van der Waals surface area contributed by atoms with Gasteiger partial charge in [0.2, 0.25) is 0 Å². The molecule has 26 heavy (non-hydrogen) atoms. The van der Waals surface area contributed by atoms with Crippen molar-refractivity contribution in [3.8, 4) is 0 Å². The molecule has 0 aromatic rings. The molecule has 1 saturated heterocycles. The van der Waals surface area contributed by atoms with Crippen molar-refractivity contribution in [1.29, 1.82) is 0 Å². The number of thioether (sulfide) groups is 1. The zero-order valence-electron chi connectivity index (χ0n) is 17.9. The summed E-state index contributed by atoms with van der Waals surface area (Å²) in [7, 11) is 0. The van der Waals surface area contributed by atoms with Crippen LogP contribution in [0.2, 0.25) is 0 Å². The summed E-state index contributed by atoms with van der Waals surface area (Å²) in [6, 6.07) is 0. The Balaban J connectivity index is 0. The second-order valence-electron chi connectivity index (χ2n) is 5.29. The molecule has 1 aliphatic carbocycles. The highest BCUT2D eigenvalue weighted by Gasteiger charge is 2.30. The van der Waals surface area contributed by atoms with Gasteiger partial charge in [0, 0.05) is 9.81 Å². The van der Waals surface area contributed by atoms with Crippen molar-refractivity contribution in [1.82, 2.24) is 5.32 Å². The van der Waals surface area contributed by atoms with Crippen molar-refractivity contribution in [2.45, 2.75) is 72.8 Å². The fourth-order valence-corrected chi connectivity index (χ4v) is 3.16. The molecule has 2 aliphatic rings. The Morgan fingerprint density at radius 1 is 1.04 bits per heavy atom. The molecule has 1 heterocycles. The van der Waals surface area contributed by atoms with Crippen LogP contribution in [0.4, 0.5) is 0 Å². The lowest BCUT2D eigenvalue weighted by Crippen LogP contribution is -2.42. The number of hydrogen-bond acceptors (Lipinski definition) is 3.